The van der Waals surface area contributed by atoms with Crippen molar-refractivity contribution in [2.24, 2.45) is 4.99 Å². The molecule has 0 aromatic rings. The highest BCUT2D eigenvalue weighted by Crippen LogP contribution is 2.03. The summed E-state index contributed by atoms with van der Waals surface area (Å²) in [4.78, 5) is 7.13. The van der Waals surface area contributed by atoms with Crippen LogP contribution in [0.4, 0.5) is 0 Å². The Balaban J connectivity index is 0. The molecule has 0 aromatic heterocycles. The van der Waals surface area contributed by atoms with Crippen LogP contribution in [0.25, 0.3) is 0 Å². The van der Waals surface area contributed by atoms with Crippen molar-refractivity contribution in [3.63, 3.8) is 0 Å². The topological polar surface area (TPSA) is 39.7 Å². The molecular weight excluding hydrogens is 363 g/mol. The summed E-state index contributed by atoms with van der Waals surface area (Å²) in [5.41, 5.74) is 0. The number of rotatable bonds is 8. The van der Waals surface area contributed by atoms with Crippen molar-refractivity contribution in [2.45, 2.75) is 73.0 Å². The lowest BCUT2D eigenvalue weighted by molar-refractivity contribution is 0.181. The normalized spacial score (nSPS) is 13.6. The van der Waals surface area contributed by atoms with E-state index in [1.807, 2.05) is 0 Å². The molecule has 1 atom stereocenters. The van der Waals surface area contributed by atoms with Crippen molar-refractivity contribution in [2.75, 3.05) is 19.6 Å². The third-order valence-corrected chi connectivity index (χ3v) is 3.29. The smallest absolute Gasteiger partial charge is 0.191 e. The second-order valence-corrected chi connectivity index (χ2v) is 5.64. The monoisotopic (exact) mass is 398 g/mol. The molecule has 20 heavy (non-hydrogen) atoms. The molecule has 0 heterocycles. The third-order valence-electron chi connectivity index (χ3n) is 3.29. The standard InChI is InChI=1S/C15H34N4.HI/c1-8-14(7)18-15(16-9-2)17-10-11-19(12(3)4)13(5)6;/h12-14H,8-11H2,1-7H3,(H2,16,17,18);1H. The predicted molar refractivity (Wildman–Crippen MR) is 101 cm³/mol. The summed E-state index contributed by atoms with van der Waals surface area (Å²) in [7, 11) is 0. The van der Waals surface area contributed by atoms with Crippen molar-refractivity contribution in [3.05, 3.63) is 0 Å². The van der Waals surface area contributed by atoms with Gasteiger partial charge in [-0.2, -0.15) is 0 Å². The van der Waals surface area contributed by atoms with Gasteiger partial charge in [0, 0.05) is 31.2 Å². The van der Waals surface area contributed by atoms with Crippen molar-refractivity contribution in [3.8, 4) is 0 Å². The van der Waals surface area contributed by atoms with Gasteiger partial charge in [0.05, 0.1) is 6.54 Å². The van der Waals surface area contributed by atoms with E-state index in [0.29, 0.717) is 18.1 Å². The van der Waals surface area contributed by atoms with E-state index >= 15 is 0 Å². The first-order valence-electron chi connectivity index (χ1n) is 7.72. The maximum absolute atomic E-state index is 4.66. The van der Waals surface area contributed by atoms with Crippen LogP contribution in [0.15, 0.2) is 4.99 Å². The molecule has 0 aromatic carbocycles. The Hall–Kier alpha value is -0.0400. The number of hydrogen-bond acceptors (Lipinski definition) is 2. The van der Waals surface area contributed by atoms with Crippen LogP contribution in [-0.4, -0.2) is 48.6 Å². The predicted octanol–water partition coefficient (Wildman–Crippen LogP) is 3.08. The molecule has 1 unspecified atom stereocenters. The lowest BCUT2D eigenvalue weighted by atomic mass is 10.2. The molecule has 0 bridgehead atoms. The molecule has 0 aliphatic rings. The third kappa shape index (κ3) is 9.80. The van der Waals surface area contributed by atoms with Gasteiger partial charge in [-0.1, -0.05) is 6.92 Å². The summed E-state index contributed by atoms with van der Waals surface area (Å²) >= 11 is 0. The fourth-order valence-electron chi connectivity index (χ4n) is 2.05. The minimum atomic E-state index is 0. The highest BCUT2D eigenvalue weighted by molar-refractivity contribution is 14.0. The lowest BCUT2D eigenvalue weighted by Gasteiger charge is -2.29. The van der Waals surface area contributed by atoms with Crippen molar-refractivity contribution >= 4 is 29.9 Å². The molecule has 0 spiro atoms. The van der Waals surface area contributed by atoms with E-state index in [1.54, 1.807) is 0 Å². The summed E-state index contributed by atoms with van der Waals surface area (Å²) < 4.78 is 0. The Morgan fingerprint density at radius 1 is 1.05 bits per heavy atom. The highest BCUT2D eigenvalue weighted by atomic mass is 127. The molecule has 0 rings (SSSR count). The van der Waals surface area contributed by atoms with Gasteiger partial charge in [-0.25, -0.2) is 0 Å². The minimum Gasteiger partial charge on any atom is -0.357 e. The molecule has 0 aliphatic carbocycles. The lowest BCUT2D eigenvalue weighted by Crippen LogP contribution is -2.43. The summed E-state index contributed by atoms with van der Waals surface area (Å²) in [6.45, 7) is 18.2. The maximum atomic E-state index is 4.66. The second kappa shape index (κ2) is 12.7. The van der Waals surface area contributed by atoms with Gasteiger partial charge in [-0.15, -0.1) is 24.0 Å². The molecule has 0 aliphatic heterocycles. The number of guanidine groups is 1. The molecule has 0 saturated heterocycles. The summed E-state index contributed by atoms with van der Waals surface area (Å²) in [5, 5.41) is 6.72. The van der Waals surface area contributed by atoms with Crippen LogP contribution in [0.1, 0.15) is 54.9 Å². The first-order chi connectivity index (χ1) is 8.92. The molecule has 0 fully saturated rings. The Kier molecular flexibility index (Phi) is 14.1. The Morgan fingerprint density at radius 2 is 1.60 bits per heavy atom. The molecule has 0 amide bonds. The second-order valence-electron chi connectivity index (χ2n) is 5.64. The molecule has 0 saturated carbocycles. The fraction of sp³-hybridized carbons (Fsp3) is 0.933. The van der Waals surface area contributed by atoms with Crippen LogP contribution in [0.5, 0.6) is 0 Å². The van der Waals surface area contributed by atoms with Crippen molar-refractivity contribution < 1.29 is 0 Å². The number of nitrogens with zero attached hydrogens (tertiary/aromatic N) is 2. The highest BCUT2D eigenvalue weighted by Gasteiger charge is 2.12. The number of hydrogen-bond donors (Lipinski definition) is 2. The van der Waals surface area contributed by atoms with Crippen LogP contribution in [0.3, 0.4) is 0 Å². The van der Waals surface area contributed by atoms with E-state index in [-0.39, 0.29) is 24.0 Å². The van der Waals surface area contributed by atoms with Crippen LogP contribution in [-0.2, 0) is 0 Å². The first kappa shape index (κ1) is 22.2. The molecule has 5 heteroatoms. The SMILES string of the molecule is CCNC(=NCCN(C(C)C)C(C)C)NC(C)CC.I. The first-order valence-corrected chi connectivity index (χ1v) is 7.72. The van der Waals surface area contributed by atoms with Gasteiger partial charge in [0.25, 0.3) is 0 Å². The quantitative estimate of drug-likeness (QED) is 0.375. The summed E-state index contributed by atoms with van der Waals surface area (Å²) in [5.74, 6) is 0.935. The maximum Gasteiger partial charge on any atom is 0.191 e. The largest absolute Gasteiger partial charge is 0.357 e. The van der Waals surface area contributed by atoms with E-state index in [2.05, 4.69) is 69.0 Å². The van der Waals surface area contributed by atoms with E-state index in [4.69, 9.17) is 0 Å². The zero-order valence-electron chi connectivity index (χ0n) is 14.4. The average Bonchev–Trinajstić information content (AvgIpc) is 2.33. The van der Waals surface area contributed by atoms with Gasteiger partial charge in [0.2, 0.25) is 0 Å². The Morgan fingerprint density at radius 3 is 2.00 bits per heavy atom. The summed E-state index contributed by atoms with van der Waals surface area (Å²) in [6, 6.07) is 1.60. The van der Waals surface area contributed by atoms with Crippen LogP contribution in [0, 0.1) is 0 Å². The van der Waals surface area contributed by atoms with E-state index in [0.717, 1.165) is 32.0 Å². The van der Waals surface area contributed by atoms with Gasteiger partial charge in [-0.05, 0) is 48.0 Å². The van der Waals surface area contributed by atoms with Crippen molar-refractivity contribution in [1.82, 2.24) is 15.5 Å². The van der Waals surface area contributed by atoms with E-state index in [1.165, 1.54) is 0 Å². The number of nitrogens with one attached hydrogen (secondary N) is 2. The Labute approximate surface area is 143 Å². The molecule has 4 nitrogen and oxygen atoms in total. The van der Waals surface area contributed by atoms with Gasteiger partial charge in [-0.3, -0.25) is 9.89 Å². The zero-order chi connectivity index (χ0) is 14.8. The van der Waals surface area contributed by atoms with Gasteiger partial charge in [0.15, 0.2) is 5.96 Å². The van der Waals surface area contributed by atoms with E-state index in [9.17, 15) is 0 Å². The molecule has 0 radical (unpaired) electrons. The summed E-state index contributed by atoms with van der Waals surface area (Å²) in [6.07, 6.45) is 1.11. The number of aliphatic imine (C=N–C) groups is 1. The molecule has 122 valence electrons. The van der Waals surface area contributed by atoms with Crippen LogP contribution < -0.4 is 10.6 Å². The zero-order valence-corrected chi connectivity index (χ0v) is 16.7. The minimum absolute atomic E-state index is 0. The van der Waals surface area contributed by atoms with Crippen LogP contribution >= 0.6 is 24.0 Å². The molecule has 2 N–H and O–H groups in total. The fourth-order valence-corrected chi connectivity index (χ4v) is 2.05. The van der Waals surface area contributed by atoms with Crippen molar-refractivity contribution in [1.29, 1.82) is 0 Å². The van der Waals surface area contributed by atoms with Gasteiger partial charge in [0.1, 0.15) is 0 Å². The number of halogens is 1. The molecular formula is C15H35IN4. The average molecular weight is 398 g/mol. The Bertz CT molecular complexity index is 246. The van der Waals surface area contributed by atoms with Gasteiger partial charge < -0.3 is 10.6 Å². The van der Waals surface area contributed by atoms with E-state index < -0.39 is 0 Å². The van der Waals surface area contributed by atoms with Crippen LogP contribution in [0.2, 0.25) is 0 Å². The van der Waals surface area contributed by atoms with Gasteiger partial charge >= 0.3 is 0 Å².